The minimum Gasteiger partial charge on any atom is -0.507 e. The van der Waals surface area contributed by atoms with Crippen LogP contribution in [0.25, 0.3) is 28.1 Å². The molecule has 3 aromatic heterocycles. The fourth-order valence-electron chi connectivity index (χ4n) is 5.07. The number of aromatic hydroxyl groups is 1. The number of fused-ring (bicyclic) bond motifs is 1. The molecule has 10 nitrogen and oxygen atoms in total. The fourth-order valence-corrected chi connectivity index (χ4v) is 5.07. The maximum Gasteiger partial charge on any atom is 0.335 e. The van der Waals surface area contributed by atoms with Gasteiger partial charge in [0.2, 0.25) is 0 Å². The van der Waals surface area contributed by atoms with Gasteiger partial charge < -0.3 is 15.0 Å². The van der Waals surface area contributed by atoms with E-state index in [2.05, 4.69) is 15.9 Å². The number of piperazine rings is 1. The second-order valence-corrected chi connectivity index (χ2v) is 9.96. The van der Waals surface area contributed by atoms with Crippen molar-refractivity contribution in [2.75, 3.05) is 31.2 Å². The van der Waals surface area contributed by atoms with Crippen molar-refractivity contribution in [1.82, 2.24) is 24.1 Å². The van der Waals surface area contributed by atoms with Gasteiger partial charge in [-0.05, 0) is 42.5 Å². The molecule has 0 aliphatic carbocycles. The molecule has 0 atom stereocenters. The molecule has 4 aromatic rings. The number of carbonyl (C=O) groups excluding carboxylic acids is 1. The Hall–Kier alpha value is -5.05. The van der Waals surface area contributed by atoms with Crippen molar-refractivity contribution < 1.29 is 18.7 Å². The summed E-state index contributed by atoms with van der Waals surface area (Å²) in [7, 11) is 0. The highest BCUT2D eigenvalue weighted by molar-refractivity contribution is 5.93. The van der Waals surface area contributed by atoms with Crippen molar-refractivity contribution >= 4 is 17.1 Å². The average molecular weight is 561 g/mol. The third-order valence-electron chi connectivity index (χ3n) is 7.06. The van der Waals surface area contributed by atoms with Crippen molar-refractivity contribution in [3.63, 3.8) is 0 Å². The summed E-state index contributed by atoms with van der Waals surface area (Å²) in [6, 6.07) is 6.16. The summed E-state index contributed by atoms with van der Waals surface area (Å²) in [6.07, 6.45) is 6.81. The Balaban J connectivity index is 1.87. The Morgan fingerprint density at radius 2 is 1.78 bits per heavy atom. The first-order valence-electron chi connectivity index (χ1n) is 12.9. The zero-order chi connectivity index (χ0) is 29.6. The Bertz CT molecular complexity index is 1850. The largest absolute Gasteiger partial charge is 0.507 e. The first-order chi connectivity index (χ1) is 19.5. The first kappa shape index (κ1) is 27.5. The highest BCUT2D eigenvalue weighted by Gasteiger charge is 2.28. The molecule has 0 spiro atoms. The monoisotopic (exact) mass is 560 g/mol. The normalized spacial score (nSPS) is 13.6. The van der Waals surface area contributed by atoms with E-state index in [0.29, 0.717) is 16.9 Å². The number of aryl methyl sites for hydroxylation is 1. The number of terminal acetylenes is 1. The number of amides is 1. The van der Waals surface area contributed by atoms with Gasteiger partial charge in [-0.15, -0.1) is 6.42 Å². The van der Waals surface area contributed by atoms with Crippen LogP contribution in [0.4, 0.5) is 8.78 Å². The number of hydrogen-bond acceptors (Lipinski definition) is 7. The van der Waals surface area contributed by atoms with Gasteiger partial charge in [-0.3, -0.25) is 23.9 Å². The third-order valence-corrected chi connectivity index (χ3v) is 7.06. The summed E-state index contributed by atoms with van der Waals surface area (Å²) in [5, 5.41) is 11.9. The maximum atomic E-state index is 15.7. The number of rotatable bonds is 4. The molecule has 210 valence electrons. The second-order valence-electron chi connectivity index (χ2n) is 9.96. The Morgan fingerprint density at radius 3 is 2.41 bits per heavy atom. The van der Waals surface area contributed by atoms with Gasteiger partial charge in [0.15, 0.2) is 11.5 Å². The van der Waals surface area contributed by atoms with E-state index in [1.807, 2.05) is 13.8 Å². The number of nitrogens with zero attached hydrogens (tertiary/aromatic N) is 6. The predicted molar refractivity (Wildman–Crippen MR) is 149 cm³/mol. The molecule has 1 fully saturated rings. The molecule has 1 aromatic carbocycles. The standard InChI is InChI=1S/C29H26F2N6O4/c1-5-22(39)34-11-13-35(14-12-34)37-20-15-19(31)25(23-18(30)7-6-8-21(23)38)33-27(20)36(28(40)29(37)41)26-17(4)9-10-32-24(26)16(2)3/h1,6-10,15-16,38H,11-14H2,2-4H3. The van der Waals surface area contributed by atoms with Gasteiger partial charge in [-0.1, -0.05) is 19.9 Å². The smallest absolute Gasteiger partial charge is 0.335 e. The number of hydrogen-bond donors (Lipinski definition) is 1. The number of carbonyl (C=O) groups is 1. The quantitative estimate of drug-likeness (QED) is 0.301. The molecule has 41 heavy (non-hydrogen) atoms. The molecule has 0 saturated carbocycles. The second kappa shape index (κ2) is 10.5. The maximum absolute atomic E-state index is 15.7. The summed E-state index contributed by atoms with van der Waals surface area (Å²) < 4.78 is 32.7. The van der Waals surface area contributed by atoms with E-state index in [1.165, 1.54) is 22.0 Å². The third kappa shape index (κ3) is 4.59. The molecular weight excluding hydrogens is 534 g/mol. The van der Waals surface area contributed by atoms with Gasteiger partial charge in [0, 0.05) is 25.4 Å². The molecule has 0 bridgehead atoms. The van der Waals surface area contributed by atoms with Gasteiger partial charge in [0.25, 0.3) is 5.91 Å². The van der Waals surface area contributed by atoms with Crippen LogP contribution in [0, 0.1) is 30.9 Å². The Kier molecular flexibility index (Phi) is 7.04. The van der Waals surface area contributed by atoms with Gasteiger partial charge in [-0.25, -0.2) is 18.4 Å². The summed E-state index contributed by atoms with van der Waals surface area (Å²) in [4.78, 5) is 49.8. The van der Waals surface area contributed by atoms with E-state index in [9.17, 15) is 23.9 Å². The SMILES string of the molecule is C#CC(=O)N1CCN(n2c(=O)c(=O)n(-c3c(C)ccnc3C(C)C)c3nc(-c4c(O)cccc4F)c(F)cc32)CC1. The molecule has 0 unspecified atom stereocenters. The van der Waals surface area contributed by atoms with Crippen molar-refractivity contribution in [2.45, 2.75) is 26.7 Å². The van der Waals surface area contributed by atoms with Crippen LogP contribution in [0.3, 0.4) is 0 Å². The first-order valence-corrected chi connectivity index (χ1v) is 12.9. The molecule has 1 saturated heterocycles. The lowest BCUT2D eigenvalue weighted by molar-refractivity contribution is -0.125. The number of pyridine rings is 2. The van der Waals surface area contributed by atoms with E-state index >= 15 is 4.39 Å². The van der Waals surface area contributed by atoms with Crippen LogP contribution in [-0.2, 0) is 4.79 Å². The van der Waals surface area contributed by atoms with Crippen LogP contribution in [0.1, 0.15) is 31.0 Å². The van der Waals surface area contributed by atoms with E-state index in [4.69, 9.17) is 6.42 Å². The zero-order valence-electron chi connectivity index (χ0n) is 22.6. The van der Waals surface area contributed by atoms with Gasteiger partial charge >= 0.3 is 11.1 Å². The topological polar surface area (TPSA) is 114 Å². The van der Waals surface area contributed by atoms with Crippen molar-refractivity contribution in [3.8, 4) is 35.0 Å². The molecule has 4 heterocycles. The van der Waals surface area contributed by atoms with Crippen LogP contribution < -0.4 is 16.1 Å². The molecule has 12 heteroatoms. The van der Waals surface area contributed by atoms with Crippen molar-refractivity contribution in [2.24, 2.45) is 0 Å². The van der Waals surface area contributed by atoms with Crippen LogP contribution in [-0.4, -0.2) is 61.3 Å². The summed E-state index contributed by atoms with van der Waals surface area (Å²) >= 11 is 0. The molecule has 1 aliphatic heterocycles. The summed E-state index contributed by atoms with van der Waals surface area (Å²) in [5.74, 6) is -1.12. The Labute approximate surface area is 233 Å². The number of benzene rings is 1. The molecule has 5 rings (SSSR count). The number of phenols is 1. The lowest BCUT2D eigenvalue weighted by Crippen LogP contribution is -2.58. The summed E-state index contributed by atoms with van der Waals surface area (Å²) in [6.45, 7) is 6.03. The molecular formula is C29H26F2N6O4. The van der Waals surface area contributed by atoms with E-state index < -0.39 is 45.7 Å². The summed E-state index contributed by atoms with van der Waals surface area (Å²) in [5.41, 5.74) is -1.81. The van der Waals surface area contributed by atoms with Crippen LogP contribution in [0.5, 0.6) is 5.75 Å². The predicted octanol–water partition coefficient (Wildman–Crippen LogP) is 2.44. The number of halogens is 2. The lowest BCUT2D eigenvalue weighted by atomic mass is 10.0. The van der Waals surface area contributed by atoms with E-state index in [-0.39, 0.29) is 43.3 Å². The minimum absolute atomic E-state index is 0.0682. The van der Waals surface area contributed by atoms with E-state index in [1.54, 1.807) is 19.2 Å². The highest BCUT2D eigenvalue weighted by atomic mass is 19.1. The van der Waals surface area contributed by atoms with Crippen molar-refractivity contribution in [3.05, 3.63) is 80.1 Å². The van der Waals surface area contributed by atoms with Gasteiger partial charge in [0.05, 0.1) is 30.0 Å². The minimum atomic E-state index is -1.02. The Morgan fingerprint density at radius 1 is 1.07 bits per heavy atom. The average Bonchev–Trinajstić information content (AvgIpc) is 2.94. The number of aromatic nitrogens is 4. The van der Waals surface area contributed by atoms with Gasteiger partial charge in [0.1, 0.15) is 22.8 Å². The van der Waals surface area contributed by atoms with Gasteiger partial charge in [-0.2, -0.15) is 0 Å². The lowest BCUT2D eigenvalue weighted by Gasteiger charge is -2.36. The van der Waals surface area contributed by atoms with E-state index in [0.717, 1.165) is 21.4 Å². The fraction of sp³-hybridized carbons (Fsp3) is 0.276. The van der Waals surface area contributed by atoms with Crippen LogP contribution >= 0.6 is 0 Å². The molecule has 1 amide bonds. The zero-order valence-corrected chi connectivity index (χ0v) is 22.6. The molecule has 1 aliphatic rings. The van der Waals surface area contributed by atoms with Crippen LogP contribution in [0.2, 0.25) is 0 Å². The van der Waals surface area contributed by atoms with Crippen molar-refractivity contribution in [1.29, 1.82) is 0 Å². The molecule has 1 N–H and O–H groups in total. The van der Waals surface area contributed by atoms with Crippen LogP contribution in [0.15, 0.2) is 46.1 Å². The number of phenolic OH excluding ortho intramolecular Hbond substituents is 1. The highest BCUT2D eigenvalue weighted by Crippen LogP contribution is 2.34. The molecule has 0 radical (unpaired) electrons.